The quantitative estimate of drug-likeness (QED) is 0.484. The van der Waals surface area contributed by atoms with E-state index in [1.807, 2.05) is 36.4 Å². The third-order valence-electron chi connectivity index (χ3n) is 7.22. The number of fused-ring (bicyclic) bond motifs is 1. The van der Waals surface area contributed by atoms with E-state index in [0.717, 1.165) is 80.6 Å². The SMILES string of the molecule is O=C(Nc1ccc(OCCN2CCC(O)CC2)c2ccccc12)c1cc(F)cc(N2CCCCC2)c1. The maximum atomic E-state index is 14.4. The van der Waals surface area contributed by atoms with Crippen LogP contribution in [0.25, 0.3) is 10.8 Å². The van der Waals surface area contributed by atoms with Crippen LogP contribution in [-0.4, -0.2) is 61.3 Å². The Morgan fingerprint density at radius 3 is 2.50 bits per heavy atom. The zero-order valence-electron chi connectivity index (χ0n) is 20.6. The molecule has 2 N–H and O–H groups in total. The molecule has 3 aromatic rings. The third-order valence-corrected chi connectivity index (χ3v) is 7.22. The fourth-order valence-electron chi connectivity index (χ4n) is 5.17. The van der Waals surface area contributed by atoms with Crippen LogP contribution in [0.1, 0.15) is 42.5 Å². The molecule has 0 atom stereocenters. The number of aliphatic hydroxyl groups excluding tert-OH is 1. The van der Waals surface area contributed by atoms with Crippen LogP contribution in [0.4, 0.5) is 15.8 Å². The first-order valence-electron chi connectivity index (χ1n) is 13.0. The number of carbonyl (C=O) groups is 1. The number of nitrogens with one attached hydrogen (secondary N) is 1. The fourth-order valence-corrected chi connectivity index (χ4v) is 5.17. The van der Waals surface area contributed by atoms with Gasteiger partial charge >= 0.3 is 0 Å². The molecule has 0 spiro atoms. The Hall–Kier alpha value is -3.16. The number of amides is 1. The van der Waals surface area contributed by atoms with Gasteiger partial charge in [0.1, 0.15) is 18.2 Å². The van der Waals surface area contributed by atoms with Crippen molar-refractivity contribution in [2.45, 2.75) is 38.2 Å². The number of halogens is 1. The van der Waals surface area contributed by atoms with E-state index < -0.39 is 5.82 Å². The Bertz CT molecular complexity index is 1200. The number of piperidine rings is 2. The minimum absolute atomic E-state index is 0.183. The second kappa shape index (κ2) is 11.3. The van der Waals surface area contributed by atoms with Gasteiger partial charge in [0.15, 0.2) is 0 Å². The molecular weight excluding hydrogens is 457 g/mol. The second-order valence-corrected chi connectivity index (χ2v) is 9.78. The summed E-state index contributed by atoms with van der Waals surface area (Å²) in [7, 11) is 0. The highest BCUT2D eigenvalue weighted by Crippen LogP contribution is 2.32. The van der Waals surface area contributed by atoms with Gasteiger partial charge in [-0.1, -0.05) is 24.3 Å². The van der Waals surface area contributed by atoms with Gasteiger partial charge in [-0.3, -0.25) is 9.69 Å². The van der Waals surface area contributed by atoms with Gasteiger partial charge in [-0.25, -0.2) is 4.39 Å². The summed E-state index contributed by atoms with van der Waals surface area (Å²) in [6.45, 7) is 4.89. The van der Waals surface area contributed by atoms with Gasteiger partial charge in [0.2, 0.25) is 0 Å². The minimum atomic E-state index is -0.403. The van der Waals surface area contributed by atoms with Gasteiger partial charge < -0.3 is 20.1 Å². The van der Waals surface area contributed by atoms with Crippen molar-refractivity contribution < 1.29 is 19.0 Å². The van der Waals surface area contributed by atoms with Crippen LogP contribution in [0.2, 0.25) is 0 Å². The van der Waals surface area contributed by atoms with Crippen LogP contribution >= 0.6 is 0 Å². The van der Waals surface area contributed by atoms with Gasteiger partial charge in [-0.05, 0) is 62.4 Å². The topological polar surface area (TPSA) is 65.0 Å². The molecule has 5 rings (SSSR count). The number of carbonyl (C=O) groups excluding carboxylic acids is 1. The van der Waals surface area contributed by atoms with E-state index >= 15 is 0 Å². The lowest BCUT2D eigenvalue weighted by molar-refractivity contribution is 0.0756. The molecule has 1 amide bonds. The van der Waals surface area contributed by atoms with E-state index in [1.54, 1.807) is 6.07 Å². The maximum Gasteiger partial charge on any atom is 0.255 e. The lowest BCUT2D eigenvalue weighted by Crippen LogP contribution is -2.38. The number of nitrogens with zero attached hydrogens (tertiary/aromatic N) is 2. The summed E-state index contributed by atoms with van der Waals surface area (Å²) < 4.78 is 20.5. The molecule has 7 heteroatoms. The molecule has 2 heterocycles. The zero-order chi connectivity index (χ0) is 24.9. The molecule has 2 fully saturated rings. The Kier molecular flexibility index (Phi) is 7.68. The summed E-state index contributed by atoms with van der Waals surface area (Å²) >= 11 is 0. The predicted molar refractivity (Wildman–Crippen MR) is 142 cm³/mol. The first-order chi connectivity index (χ1) is 17.6. The van der Waals surface area contributed by atoms with E-state index in [9.17, 15) is 14.3 Å². The molecular formula is C29H34FN3O3. The molecule has 6 nitrogen and oxygen atoms in total. The van der Waals surface area contributed by atoms with E-state index in [1.165, 1.54) is 18.6 Å². The second-order valence-electron chi connectivity index (χ2n) is 9.78. The van der Waals surface area contributed by atoms with Gasteiger partial charge in [0.25, 0.3) is 5.91 Å². The molecule has 2 aliphatic heterocycles. The Morgan fingerprint density at radius 2 is 1.72 bits per heavy atom. The van der Waals surface area contributed by atoms with Crippen molar-refractivity contribution in [3.63, 3.8) is 0 Å². The van der Waals surface area contributed by atoms with Crippen molar-refractivity contribution in [1.82, 2.24) is 4.90 Å². The number of likely N-dealkylation sites (tertiary alicyclic amines) is 1. The van der Waals surface area contributed by atoms with Crippen molar-refractivity contribution in [3.05, 3.63) is 66.0 Å². The molecule has 3 aromatic carbocycles. The number of anilines is 2. The number of hydrogen-bond acceptors (Lipinski definition) is 5. The van der Waals surface area contributed by atoms with Crippen LogP contribution < -0.4 is 15.0 Å². The van der Waals surface area contributed by atoms with Crippen molar-refractivity contribution in [2.75, 3.05) is 49.5 Å². The van der Waals surface area contributed by atoms with E-state index in [-0.39, 0.29) is 12.0 Å². The smallest absolute Gasteiger partial charge is 0.255 e. The summed E-state index contributed by atoms with van der Waals surface area (Å²) in [5, 5.41) is 14.5. The summed E-state index contributed by atoms with van der Waals surface area (Å²) in [5.74, 6) is 0.0256. The minimum Gasteiger partial charge on any atom is -0.492 e. The Morgan fingerprint density at radius 1 is 0.972 bits per heavy atom. The van der Waals surface area contributed by atoms with Crippen LogP contribution in [0.15, 0.2) is 54.6 Å². The van der Waals surface area contributed by atoms with Crippen molar-refractivity contribution in [1.29, 1.82) is 0 Å². The van der Waals surface area contributed by atoms with Gasteiger partial charge in [0.05, 0.1) is 6.10 Å². The molecule has 0 saturated carbocycles. The highest BCUT2D eigenvalue weighted by atomic mass is 19.1. The number of benzene rings is 3. The average Bonchev–Trinajstić information content (AvgIpc) is 2.91. The van der Waals surface area contributed by atoms with Crippen LogP contribution in [0.5, 0.6) is 5.75 Å². The largest absolute Gasteiger partial charge is 0.492 e. The third kappa shape index (κ3) is 5.79. The average molecular weight is 492 g/mol. The summed E-state index contributed by atoms with van der Waals surface area (Å²) in [6, 6.07) is 16.1. The van der Waals surface area contributed by atoms with Crippen LogP contribution in [0, 0.1) is 5.82 Å². The van der Waals surface area contributed by atoms with E-state index in [0.29, 0.717) is 17.9 Å². The van der Waals surface area contributed by atoms with E-state index in [4.69, 9.17) is 4.74 Å². The maximum absolute atomic E-state index is 14.4. The van der Waals surface area contributed by atoms with Gasteiger partial charge in [0, 0.05) is 60.4 Å². The summed E-state index contributed by atoms with van der Waals surface area (Å²) in [6.07, 6.45) is 4.79. The fraction of sp³-hybridized carbons (Fsp3) is 0.414. The first-order valence-corrected chi connectivity index (χ1v) is 13.0. The lowest BCUT2D eigenvalue weighted by Gasteiger charge is -2.29. The molecule has 0 radical (unpaired) electrons. The number of hydrogen-bond donors (Lipinski definition) is 2. The van der Waals surface area contributed by atoms with Crippen molar-refractivity contribution >= 4 is 28.1 Å². The number of aliphatic hydroxyl groups is 1. The van der Waals surface area contributed by atoms with Crippen molar-refractivity contribution in [3.8, 4) is 5.75 Å². The van der Waals surface area contributed by atoms with Crippen LogP contribution in [-0.2, 0) is 0 Å². The zero-order valence-corrected chi connectivity index (χ0v) is 20.6. The molecule has 190 valence electrons. The van der Waals surface area contributed by atoms with Gasteiger partial charge in [-0.15, -0.1) is 0 Å². The predicted octanol–water partition coefficient (Wildman–Crippen LogP) is 5.06. The molecule has 0 aromatic heterocycles. The molecule has 0 unspecified atom stereocenters. The van der Waals surface area contributed by atoms with E-state index in [2.05, 4.69) is 15.1 Å². The molecule has 0 bridgehead atoms. The molecule has 36 heavy (non-hydrogen) atoms. The highest BCUT2D eigenvalue weighted by Gasteiger charge is 2.18. The van der Waals surface area contributed by atoms with Gasteiger partial charge in [-0.2, -0.15) is 0 Å². The molecule has 2 aliphatic rings. The Balaban J connectivity index is 1.29. The number of rotatable bonds is 7. The van der Waals surface area contributed by atoms with Crippen LogP contribution in [0.3, 0.4) is 0 Å². The van der Waals surface area contributed by atoms with Crippen molar-refractivity contribution in [2.24, 2.45) is 0 Å². The first kappa shape index (κ1) is 24.5. The highest BCUT2D eigenvalue weighted by molar-refractivity contribution is 6.10. The normalized spacial score (nSPS) is 17.3. The monoisotopic (exact) mass is 491 g/mol. The standard InChI is InChI=1S/C29H34FN3O3/c30-22-18-21(19-23(20-22)33-12-4-1-5-13-33)29(35)31-27-8-9-28(26-7-3-2-6-25(26)27)36-17-16-32-14-10-24(34)11-15-32/h2-3,6-9,18-20,24,34H,1,4-5,10-17H2,(H,31,35). The summed E-state index contributed by atoms with van der Waals surface area (Å²) in [5.41, 5.74) is 1.74. The molecule has 0 aliphatic carbocycles. The summed E-state index contributed by atoms with van der Waals surface area (Å²) in [4.78, 5) is 17.6. The Labute approximate surface area is 211 Å². The molecule has 2 saturated heterocycles. The number of ether oxygens (including phenoxy) is 1. The lowest BCUT2D eigenvalue weighted by atomic mass is 10.1.